The number of anilines is 1. The van der Waals surface area contributed by atoms with Gasteiger partial charge in [0.05, 0.1) is 12.3 Å². The molecule has 22 heavy (non-hydrogen) atoms. The smallest absolute Gasteiger partial charge is 0.282 e. The number of nitrogens with zero attached hydrogens (tertiary/aromatic N) is 2. The molecule has 0 spiro atoms. The number of carbonyl (C=O) groups excluding carboxylic acids is 1. The minimum atomic E-state index is -3.50. The van der Waals surface area contributed by atoms with Crippen molar-refractivity contribution in [2.75, 3.05) is 18.2 Å². The number of benzene rings is 1. The number of Topliss-reactive ketones (excluding diaryl/α,β-unsaturated/α-hetero) is 1. The number of hydrogen-bond acceptors (Lipinski definition) is 6. The molecule has 0 saturated carbocycles. The van der Waals surface area contributed by atoms with Gasteiger partial charge in [-0.15, -0.1) is 0 Å². The first-order chi connectivity index (χ1) is 10.5. The summed E-state index contributed by atoms with van der Waals surface area (Å²) in [7, 11) is -3.50. The van der Waals surface area contributed by atoms with Gasteiger partial charge >= 0.3 is 0 Å². The fourth-order valence-electron chi connectivity index (χ4n) is 2.19. The van der Waals surface area contributed by atoms with Crippen molar-refractivity contribution >= 4 is 24.3 Å². The zero-order valence-corrected chi connectivity index (χ0v) is 13.5. The van der Waals surface area contributed by atoms with Crippen molar-refractivity contribution in [3.8, 4) is 0 Å². The number of aliphatic hydroxyl groups excluding tert-OH is 1. The van der Waals surface area contributed by atoms with Crippen LogP contribution in [0.4, 0.5) is 5.69 Å². The van der Waals surface area contributed by atoms with E-state index in [1.807, 2.05) is 30.3 Å². The summed E-state index contributed by atoms with van der Waals surface area (Å²) >= 11 is 0. The van der Waals surface area contributed by atoms with Gasteiger partial charge in [-0.2, -0.15) is 5.10 Å². The van der Waals surface area contributed by atoms with Gasteiger partial charge in [0, 0.05) is 31.5 Å². The van der Waals surface area contributed by atoms with Gasteiger partial charge in [0.25, 0.3) is 7.37 Å². The van der Waals surface area contributed by atoms with Gasteiger partial charge in [0.1, 0.15) is 0 Å². The molecule has 2 rings (SSSR count). The Morgan fingerprint density at radius 2 is 2.05 bits per heavy atom. The van der Waals surface area contributed by atoms with Crippen LogP contribution in [0.1, 0.15) is 20.3 Å². The zero-order chi connectivity index (χ0) is 16.2. The Morgan fingerprint density at radius 1 is 1.36 bits per heavy atom. The number of carbonyl (C=O) groups is 1. The lowest BCUT2D eigenvalue weighted by Gasteiger charge is -2.29. The third kappa shape index (κ3) is 3.19. The number of para-hydroxylation sites is 1. The maximum absolute atomic E-state index is 13.1. The van der Waals surface area contributed by atoms with Crippen LogP contribution >= 0.6 is 7.37 Å². The highest BCUT2D eigenvalue weighted by molar-refractivity contribution is 7.83. The summed E-state index contributed by atoms with van der Waals surface area (Å²) in [6, 6.07) is 9.20. The van der Waals surface area contributed by atoms with Crippen LogP contribution in [0.5, 0.6) is 0 Å². The van der Waals surface area contributed by atoms with Crippen molar-refractivity contribution in [2.45, 2.75) is 20.3 Å². The molecule has 1 aromatic rings. The van der Waals surface area contributed by atoms with Crippen molar-refractivity contribution in [3.63, 3.8) is 0 Å². The summed E-state index contributed by atoms with van der Waals surface area (Å²) < 4.78 is 18.5. The van der Waals surface area contributed by atoms with E-state index in [9.17, 15) is 14.5 Å². The largest absolute Gasteiger partial charge is 0.396 e. The molecule has 1 atom stereocenters. The van der Waals surface area contributed by atoms with E-state index in [2.05, 4.69) is 5.10 Å². The van der Waals surface area contributed by atoms with Gasteiger partial charge in [-0.25, -0.2) is 5.01 Å². The second kappa shape index (κ2) is 7.01. The predicted octanol–water partition coefficient (Wildman–Crippen LogP) is 2.95. The molecule has 1 aliphatic heterocycles. The minimum absolute atomic E-state index is 0.0934. The highest BCUT2D eigenvalue weighted by Crippen LogP contribution is 2.59. The lowest BCUT2D eigenvalue weighted by molar-refractivity contribution is -0.110. The number of hydrogen-bond donors (Lipinski definition) is 1. The minimum Gasteiger partial charge on any atom is -0.396 e. The van der Waals surface area contributed by atoms with E-state index in [4.69, 9.17) is 4.52 Å². The molecule has 0 unspecified atom stereocenters. The standard InChI is InChI=1S/C15H19N2O4P/c1-3-21-22(20)14(9-10-18)11-17(16-15(22)12(2)19)13-7-5-4-6-8-13/h4-8,11,18H,3,9-10H2,1-2H3/t22-/m1/s1. The maximum Gasteiger partial charge on any atom is 0.282 e. The highest BCUT2D eigenvalue weighted by Gasteiger charge is 2.41. The molecule has 1 aliphatic rings. The van der Waals surface area contributed by atoms with Gasteiger partial charge in [-0.3, -0.25) is 9.36 Å². The Bertz CT molecular complexity index is 655. The summed E-state index contributed by atoms with van der Waals surface area (Å²) in [5, 5.41) is 15.3. The second-order valence-electron chi connectivity index (χ2n) is 4.72. The molecule has 1 aromatic carbocycles. The molecule has 7 heteroatoms. The third-order valence-electron chi connectivity index (χ3n) is 3.15. The zero-order valence-electron chi connectivity index (χ0n) is 12.6. The SMILES string of the molecule is CCO[P@]1(=O)C(CCO)=CN(c2ccccc2)N=C1C(C)=O. The van der Waals surface area contributed by atoms with Crippen LogP contribution in [-0.4, -0.2) is 29.6 Å². The van der Waals surface area contributed by atoms with Gasteiger partial charge in [-0.05, 0) is 19.1 Å². The topological polar surface area (TPSA) is 79.2 Å². The maximum atomic E-state index is 13.1. The second-order valence-corrected chi connectivity index (χ2v) is 7.08. The molecule has 6 nitrogen and oxygen atoms in total. The van der Waals surface area contributed by atoms with E-state index in [0.717, 1.165) is 5.69 Å². The van der Waals surface area contributed by atoms with Crippen molar-refractivity contribution < 1.29 is 19.0 Å². The van der Waals surface area contributed by atoms with Crippen LogP contribution in [0, 0.1) is 0 Å². The fraction of sp³-hybridized carbons (Fsp3) is 0.333. The molecule has 0 bridgehead atoms. The van der Waals surface area contributed by atoms with E-state index in [1.165, 1.54) is 11.9 Å². The van der Waals surface area contributed by atoms with E-state index in [0.29, 0.717) is 5.31 Å². The number of hydrazone groups is 1. The summed E-state index contributed by atoms with van der Waals surface area (Å²) in [5.41, 5.74) is 0.642. The Balaban J connectivity index is 2.54. The Kier molecular flexibility index (Phi) is 5.29. The Hall–Kier alpha value is -1.75. The summed E-state index contributed by atoms with van der Waals surface area (Å²) in [6.45, 7) is 3.03. The fourth-order valence-corrected chi connectivity index (χ4v) is 4.39. The lowest BCUT2D eigenvalue weighted by Crippen LogP contribution is -2.25. The first-order valence-electron chi connectivity index (χ1n) is 7.04. The normalized spacial score (nSPS) is 21.3. The Morgan fingerprint density at radius 3 is 2.59 bits per heavy atom. The van der Waals surface area contributed by atoms with Crippen molar-refractivity contribution in [2.24, 2.45) is 5.10 Å². The van der Waals surface area contributed by atoms with Crippen LogP contribution in [0.15, 0.2) is 46.9 Å². The molecule has 0 amide bonds. The Labute approximate surface area is 129 Å². The highest BCUT2D eigenvalue weighted by atomic mass is 31.2. The van der Waals surface area contributed by atoms with Gasteiger partial charge in [0.2, 0.25) is 0 Å². The lowest BCUT2D eigenvalue weighted by atomic mass is 10.3. The van der Waals surface area contributed by atoms with E-state index in [-0.39, 0.29) is 25.1 Å². The van der Waals surface area contributed by atoms with E-state index >= 15 is 0 Å². The monoisotopic (exact) mass is 322 g/mol. The first kappa shape index (κ1) is 16.6. The molecule has 0 aromatic heterocycles. The van der Waals surface area contributed by atoms with Gasteiger partial charge < -0.3 is 9.63 Å². The van der Waals surface area contributed by atoms with E-state index < -0.39 is 13.2 Å². The van der Waals surface area contributed by atoms with Crippen LogP contribution in [0.2, 0.25) is 0 Å². The molecule has 0 fully saturated rings. The van der Waals surface area contributed by atoms with Crippen LogP contribution in [0.3, 0.4) is 0 Å². The van der Waals surface area contributed by atoms with Crippen molar-refractivity contribution in [1.29, 1.82) is 0 Å². The summed E-state index contributed by atoms with van der Waals surface area (Å²) in [4.78, 5) is 11.9. The van der Waals surface area contributed by atoms with Gasteiger partial charge in [-0.1, -0.05) is 18.2 Å². The summed E-state index contributed by atoms with van der Waals surface area (Å²) in [6.07, 6.45) is 1.74. The molecular formula is C15H19N2O4P. The molecule has 1 heterocycles. The first-order valence-corrected chi connectivity index (χ1v) is 8.66. The van der Waals surface area contributed by atoms with Gasteiger partial charge in [0.15, 0.2) is 11.2 Å². The molecule has 0 radical (unpaired) electrons. The summed E-state index contributed by atoms with van der Waals surface area (Å²) in [5.74, 6) is -0.402. The third-order valence-corrected chi connectivity index (χ3v) is 5.82. The molecule has 118 valence electrons. The van der Waals surface area contributed by atoms with Crippen LogP contribution in [-0.2, 0) is 13.9 Å². The average molecular weight is 322 g/mol. The molecule has 0 saturated heterocycles. The van der Waals surface area contributed by atoms with Crippen LogP contribution < -0.4 is 5.01 Å². The van der Waals surface area contributed by atoms with E-state index in [1.54, 1.807) is 13.1 Å². The van der Waals surface area contributed by atoms with Crippen LogP contribution in [0.25, 0.3) is 0 Å². The number of rotatable bonds is 6. The number of aliphatic hydroxyl groups is 1. The molecular weight excluding hydrogens is 303 g/mol. The van der Waals surface area contributed by atoms with Crippen molar-refractivity contribution in [1.82, 2.24) is 0 Å². The van der Waals surface area contributed by atoms with Crippen molar-refractivity contribution in [3.05, 3.63) is 41.8 Å². The molecule has 0 aliphatic carbocycles. The predicted molar refractivity (Wildman–Crippen MR) is 86.1 cm³/mol. The molecule has 1 N–H and O–H groups in total. The average Bonchev–Trinajstić information content (AvgIpc) is 2.50. The quantitative estimate of drug-likeness (QED) is 0.815. The number of ketones is 1.